The molecule has 1 N–H and O–H groups in total. The molecule has 0 aliphatic heterocycles. The fourth-order valence-electron chi connectivity index (χ4n) is 2.53. The second kappa shape index (κ2) is 6.88. The lowest BCUT2D eigenvalue weighted by molar-refractivity contribution is 0.292. The molecule has 4 heteroatoms. The Hall–Kier alpha value is -2.26. The summed E-state index contributed by atoms with van der Waals surface area (Å²) in [5.74, 6) is 1.12. The Kier molecular flexibility index (Phi) is 4.68. The number of halogens is 1. The fourth-order valence-corrected chi connectivity index (χ4v) is 2.66. The molecule has 1 heterocycles. The monoisotopic (exact) mass is 326 g/mol. The third-order valence-electron chi connectivity index (χ3n) is 3.86. The van der Waals surface area contributed by atoms with Crippen LogP contribution in [0.1, 0.15) is 24.1 Å². The number of nitrogens with one attached hydrogen (secondary N) is 1. The topological polar surface area (TPSA) is 37.9 Å². The molecule has 0 aliphatic rings. The van der Waals surface area contributed by atoms with E-state index in [1.54, 1.807) is 6.33 Å². The van der Waals surface area contributed by atoms with Crippen LogP contribution in [0, 0.1) is 6.92 Å². The van der Waals surface area contributed by atoms with Crippen molar-refractivity contribution in [2.45, 2.75) is 19.8 Å². The van der Waals surface area contributed by atoms with Gasteiger partial charge in [0.15, 0.2) is 0 Å². The van der Waals surface area contributed by atoms with Crippen molar-refractivity contribution >= 4 is 11.6 Å². The molecule has 118 valence electrons. The molecule has 0 bridgehead atoms. The first-order chi connectivity index (χ1) is 11.1. The summed E-state index contributed by atoms with van der Waals surface area (Å²) in [6.07, 6.45) is 1.73. The Labute approximate surface area is 141 Å². The molecule has 0 saturated heterocycles. The first kappa shape index (κ1) is 15.6. The zero-order valence-electron chi connectivity index (χ0n) is 13.2. The number of hydrogen-bond donors (Lipinski definition) is 1. The zero-order valence-corrected chi connectivity index (χ0v) is 14.0. The van der Waals surface area contributed by atoms with Gasteiger partial charge in [-0.15, -0.1) is 0 Å². The number of ether oxygens (including phenoxy) is 1. The molecule has 1 aromatic heterocycles. The van der Waals surface area contributed by atoms with Gasteiger partial charge in [0.1, 0.15) is 5.75 Å². The van der Waals surface area contributed by atoms with Crippen LogP contribution in [-0.2, 0) is 0 Å². The van der Waals surface area contributed by atoms with E-state index in [1.807, 2.05) is 42.5 Å². The van der Waals surface area contributed by atoms with Crippen LogP contribution in [0.2, 0.25) is 5.02 Å². The SMILES string of the molecule is Cc1ccccc1OCC(C)c1[nH]cnc1-c1ccc(Cl)cc1. The number of imidazole rings is 1. The summed E-state index contributed by atoms with van der Waals surface area (Å²) in [4.78, 5) is 7.70. The fraction of sp³-hybridized carbons (Fsp3) is 0.211. The van der Waals surface area contributed by atoms with E-state index in [4.69, 9.17) is 16.3 Å². The van der Waals surface area contributed by atoms with Crippen LogP contribution in [0.15, 0.2) is 54.9 Å². The lowest BCUT2D eigenvalue weighted by Gasteiger charge is -2.15. The van der Waals surface area contributed by atoms with Crippen LogP contribution >= 0.6 is 11.6 Å². The number of para-hydroxylation sites is 1. The van der Waals surface area contributed by atoms with Crippen molar-refractivity contribution < 1.29 is 4.74 Å². The molecule has 23 heavy (non-hydrogen) atoms. The van der Waals surface area contributed by atoms with E-state index < -0.39 is 0 Å². The quantitative estimate of drug-likeness (QED) is 0.698. The average Bonchev–Trinajstić information content (AvgIpc) is 3.04. The third kappa shape index (κ3) is 3.57. The van der Waals surface area contributed by atoms with E-state index >= 15 is 0 Å². The molecule has 0 radical (unpaired) electrons. The van der Waals surface area contributed by atoms with Gasteiger partial charge in [0.2, 0.25) is 0 Å². The second-order valence-corrected chi connectivity index (χ2v) is 6.09. The lowest BCUT2D eigenvalue weighted by Crippen LogP contribution is -2.09. The highest BCUT2D eigenvalue weighted by molar-refractivity contribution is 6.30. The third-order valence-corrected chi connectivity index (χ3v) is 4.11. The van der Waals surface area contributed by atoms with Gasteiger partial charge in [0, 0.05) is 22.2 Å². The molecule has 1 atom stereocenters. The molecule has 0 saturated carbocycles. The van der Waals surface area contributed by atoms with Crippen molar-refractivity contribution in [1.29, 1.82) is 0 Å². The van der Waals surface area contributed by atoms with Crippen LogP contribution < -0.4 is 4.74 Å². The van der Waals surface area contributed by atoms with Gasteiger partial charge in [-0.3, -0.25) is 0 Å². The van der Waals surface area contributed by atoms with E-state index in [0.717, 1.165) is 33.3 Å². The lowest BCUT2D eigenvalue weighted by atomic mass is 10.0. The predicted molar refractivity (Wildman–Crippen MR) is 94.1 cm³/mol. The van der Waals surface area contributed by atoms with Crippen molar-refractivity contribution in [3.8, 4) is 17.0 Å². The average molecular weight is 327 g/mol. The van der Waals surface area contributed by atoms with E-state index in [0.29, 0.717) is 6.61 Å². The number of rotatable bonds is 5. The van der Waals surface area contributed by atoms with Crippen molar-refractivity contribution in [1.82, 2.24) is 9.97 Å². The molecule has 1 unspecified atom stereocenters. The van der Waals surface area contributed by atoms with Gasteiger partial charge < -0.3 is 9.72 Å². The Morgan fingerprint density at radius 3 is 2.61 bits per heavy atom. The highest BCUT2D eigenvalue weighted by Gasteiger charge is 2.16. The number of aromatic nitrogens is 2. The molecular formula is C19H19ClN2O. The highest BCUT2D eigenvalue weighted by Crippen LogP contribution is 2.28. The van der Waals surface area contributed by atoms with Crippen LogP contribution in [-0.4, -0.2) is 16.6 Å². The second-order valence-electron chi connectivity index (χ2n) is 5.65. The molecular weight excluding hydrogens is 308 g/mol. The summed E-state index contributed by atoms with van der Waals surface area (Å²) in [5.41, 5.74) is 4.21. The van der Waals surface area contributed by atoms with Crippen molar-refractivity contribution in [2.24, 2.45) is 0 Å². The smallest absolute Gasteiger partial charge is 0.122 e. The van der Waals surface area contributed by atoms with Gasteiger partial charge in [-0.25, -0.2) is 4.98 Å². The summed E-state index contributed by atoms with van der Waals surface area (Å²) in [6, 6.07) is 15.8. The molecule has 0 spiro atoms. The standard InChI is InChI=1S/C19H19ClN2O/c1-13-5-3-4-6-17(13)23-11-14(2)18-19(22-12-21-18)15-7-9-16(20)10-8-15/h3-10,12,14H,11H2,1-2H3,(H,21,22). The maximum absolute atomic E-state index is 5.96. The van der Waals surface area contributed by atoms with Gasteiger partial charge in [-0.2, -0.15) is 0 Å². The Bertz CT molecular complexity index is 780. The predicted octanol–water partition coefficient (Wildman–Crippen LogP) is 5.22. The Morgan fingerprint density at radius 1 is 1.13 bits per heavy atom. The van der Waals surface area contributed by atoms with Crippen molar-refractivity contribution in [3.63, 3.8) is 0 Å². The summed E-state index contributed by atoms with van der Waals surface area (Å²) in [5, 5.41) is 0.724. The molecule has 0 fully saturated rings. The summed E-state index contributed by atoms with van der Waals surface area (Å²) >= 11 is 5.96. The van der Waals surface area contributed by atoms with Crippen LogP contribution in [0.3, 0.4) is 0 Å². The minimum Gasteiger partial charge on any atom is -0.493 e. The van der Waals surface area contributed by atoms with Gasteiger partial charge in [0.05, 0.1) is 18.6 Å². The number of aryl methyl sites for hydroxylation is 1. The number of aromatic amines is 1. The first-order valence-electron chi connectivity index (χ1n) is 7.63. The molecule has 2 aromatic carbocycles. The molecule has 3 nitrogen and oxygen atoms in total. The summed E-state index contributed by atoms with van der Waals surface area (Å²) in [7, 11) is 0. The number of H-pyrrole nitrogens is 1. The van der Waals surface area contributed by atoms with E-state index in [1.165, 1.54) is 0 Å². The van der Waals surface area contributed by atoms with Crippen molar-refractivity contribution in [2.75, 3.05) is 6.61 Å². The first-order valence-corrected chi connectivity index (χ1v) is 8.00. The molecule has 3 aromatic rings. The molecule has 0 aliphatic carbocycles. The largest absolute Gasteiger partial charge is 0.493 e. The maximum atomic E-state index is 5.96. The Morgan fingerprint density at radius 2 is 1.87 bits per heavy atom. The van der Waals surface area contributed by atoms with Crippen molar-refractivity contribution in [3.05, 3.63) is 71.1 Å². The van der Waals surface area contributed by atoms with Crippen LogP contribution in [0.4, 0.5) is 0 Å². The zero-order chi connectivity index (χ0) is 16.2. The molecule has 3 rings (SSSR count). The number of hydrogen-bond acceptors (Lipinski definition) is 2. The van der Waals surface area contributed by atoms with Gasteiger partial charge in [0.25, 0.3) is 0 Å². The van der Waals surface area contributed by atoms with E-state index in [-0.39, 0.29) is 5.92 Å². The van der Waals surface area contributed by atoms with Gasteiger partial charge in [-0.1, -0.05) is 48.9 Å². The van der Waals surface area contributed by atoms with Crippen LogP contribution in [0.25, 0.3) is 11.3 Å². The minimum atomic E-state index is 0.197. The van der Waals surface area contributed by atoms with E-state index in [9.17, 15) is 0 Å². The summed E-state index contributed by atoms with van der Waals surface area (Å²) in [6.45, 7) is 4.77. The number of nitrogens with zero attached hydrogens (tertiary/aromatic N) is 1. The normalized spacial score (nSPS) is 12.1. The summed E-state index contributed by atoms with van der Waals surface area (Å²) < 4.78 is 5.96. The van der Waals surface area contributed by atoms with Gasteiger partial charge >= 0.3 is 0 Å². The van der Waals surface area contributed by atoms with E-state index in [2.05, 4.69) is 29.9 Å². The molecule has 0 amide bonds. The van der Waals surface area contributed by atoms with Gasteiger partial charge in [-0.05, 0) is 30.7 Å². The van der Waals surface area contributed by atoms with Crippen LogP contribution in [0.5, 0.6) is 5.75 Å². The minimum absolute atomic E-state index is 0.197. The highest BCUT2D eigenvalue weighted by atomic mass is 35.5. The number of benzene rings is 2. The Balaban J connectivity index is 1.76. The maximum Gasteiger partial charge on any atom is 0.122 e.